The molecule has 3 rings (SSSR count). The number of aryl methyl sites for hydroxylation is 2. The van der Waals surface area contributed by atoms with Gasteiger partial charge in [-0.3, -0.25) is 4.98 Å². The van der Waals surface area contributed by atoms with Crippen molar-refractivity contribution in [2.24, 2.45) is 0 Å². The van der Waals surface area contributed by atoms with E-state index in [2.05, 4.69) is 24.9 Å². The maximum absolute atomic E-state index is 5.68. The van der Waals surface area contributed by atoms with Crippen LogP contribution in [0, 0.1) is 13.8 Å². The molecule has 0 spiro atoms. The highest BCUT2D eigenvalue weighted by Gasteiger charge is 2.17. The lowest BCUT2D eigenvalue weighted by Gasteiger charge is -2.20. The summed E-state index contributed by atoms with van der Waals surface area (Å²) in [7, 11) is 0. The van der Waals surface area contributed by atoms with Crippen molar-refractivity contribution in [3.05, 3.63) is 35.2 Å². The molecular formula is C13H13NO. The summed E-state index contributed by atoms with van der Waals surface area (Å²) in [5.41, 5.74) is 3.60. The van der Waals surface area contributed by atoms with E-state index in [0.29, 0.717) is 0 Å². The van der Waals surface area contributed by atoms with Crippen molar-refractivity contribution < 1.29 is 4.74 Å². The van der Waals surface area contributed by atoms with Crippen LogP contribution < -0.4 is 4.74 Å². The first-order valence-corrected chi connectivity index (χ1v) is 5.29. The zero-order valence-corrected chi connectivity index (χ0v) is 9.00. The smallest absolute Gasteiger partial charge is 0.127 e. The van der Waals surface area contributed by atoms with Crippen LogP contribution in [0.25, 0.3) is 10.8 Å². The van der Waals surface area contributed by atoms with E-state index in [9.17, 15) is 0 Å². The van der Waals surface area contributed by atoms with Gasteiger partial charge in [-0.2, -0.15) is 0 Å². The average molecular weight is 199 g/mol. The lowest BCUT2D eigenvalue weighted by molar-refractivity contribution is 0.317. The normalized spacial score (nSPS) is 14.0. The van der Waals surface area contributed by atoms with E-state index in [1.165, 1.54) is 16.3 Å². The number of nitrogens with zero attached hydrogens (tertiary/aromatic N) is 1. The molecule has 2 nitrogen and oxygen atoms in total. The summed E-state index contributed by atoms with van der Waals surface area (Å²) < 4.78 is 5.68. The second-order valence-electron chi connectivity index (χ2n) is 4.04. The Labute approximate surface area is 88.9 Å². The zero-order valence-electron chi connectivity index (χ0n) is 9.00. The predicted molar refractivity (Wildman–Crippen MR) is 60.4 cm³/mol. The molecule has 0 aliphatic carbocycles. The van der Waals surface area contributed by atoms with Crippen LogP contribution in [0.3, 0.4) is 0 Å². The highest BCUT2D eigenvalue weighted by atomic mass is 16.5. The molecule has 2 heteroatoms. The molecule has 1 aliphatic heterocycles. The minimum absolute atomic E-state index is 0.775. The first-order chi connectivity index (χ1) is 7.27. The van der Waals surface area contributed by atoms with Crippen LogP contribution in [0.5, 0.6) is 5.75 Å². The van der Waals surface area contributed by atoms with Gasteiger partial charge in [0.05, 0.1) is 6.61 Å². The largest absolute Gasteiger partial charge is 0.493 e. The van der Waals surface area contributed by atoms with Gasteiger partial charge in [-0.1, -0.05) is 12.1 Å². The van der Waals surface area contributed by atoms with E-state index in [-0.39, 0.29) is 0 Å². The van der Waals surface area contributed by atoms with E-state index in [1.54, 1.807) is 0 Å². The SMILES string of the molecule is Cc1nc(C)c2cccc3c2c1CCO3. The molecule has 1 aromatic heterocycles. The Balaban J connectivity index is 2.53. The molecule has 0 N–H and O–H groups in total. The third-order valence-corrected chi connectivity index (χ3v) is 3.10. The van der Waals surface area contributed by atoms with Crippen LogP contribution in [0.2, 0.25) is 0 Å². The summed E-state index contributed by atoms with van der Waals surface area (Å²) in [5, 5.41) is 2.50. The van der Waals surface area contributed by atoms with Crippen molar-refractivity contribution in [1.29, 1.82) is 0 Å². The molecular weight excluding hydrogens is 186 g/mol. The van der Waals surface area contributed by atoms with E-state index in [1.807, 2.05) is 12.1 Å². The molecule has 0 saturated carbocycles. The number of hydrogen-bond acceptors (Lipinski definition) is 2. The van der Waals surface area contributed by atoms with Crippen molar-refractivity contribution in [3.8, 4) is 5.75 Å². The van der Waals surface area contributed by atoms with Gasteiger partial charge in [-0.25, -0.2) is 0 Å². The predicted octanol–water partition coefficient (Wildman–Crippen LogP) is 2.79. The second-order valence-corrected chi connectivity index (χ2v) is 4.04. The molecule has 0 amide bonds. The molecule has 15 heavy (non-hydrogen) atoms. The number of pyridine rings is 1. The number of rotatable bonds is 0. The zero-order chi connectivity index (χ0) is 10.4. The van der Waals surface area contributed by atoms with Gasteiger partial charge in [0.25, 0.3) is 0 Å². The van der Waals surface area contributed by atoms with Crippen LogP contribution in [-0.2, 0) is 6.42 Å². The Hall–Kier alpha value is -1.57. The first kappa shape index (κ1) is 8.72. The fraction of sp³-hybridized carbons (Fsp3) is 0.308. The Morgan fingerprint density at radius 2 is 2.07 bits per heavy atom. The molecule has 2 heterocycles. The fourth-order valence-electron chi connectivity index (χ4n) is 2.39. The molecule has 0 bridgehead atoms. The lowest BCUT2D eigenvalue weighted by atomic mass is 9.98. The summed E-state index contributed by atoms with van der Waals surface area (Å²) in [6.45, 7) is 4.92. The molecule has 1 aliphatic rings. The van der Waals surface area contributed by atoms with E-state index in [0.717, 1.165) is 30.2 Å². The summed E-state index contributed by atoms with van der Waals surface area (Å²) in [6.07, 6.45) is 0.979. The van der Waals surface area contributed by atoms with E-state index >= 15 is 0 Å². The molecule has 0 unspecified atom stereocenters. The Morgan fingerprint density at radius 1 is 1.20 bits per heavy atom. The highest BCUT2D eigenvalue weighted by Crippen LogP contribution is 2.34. The van der Waals surface area contributed by atoms with Gasteiger partial charge < -0.3 is 4.74 Å². The Bertz CT molecular complexity index is 546. The molecule has 0 atom stereocenters. The van der Waals surface area contributed by atoms with E-state index in [4.69, 9.17) is 4.74 Å². The van der Waals surface area contributed by atoms with Crippen LogP contribution >= 0.6 is 0 Å². The van der Waals surface area contributed by atoms with Crippen LogP contribution in [0.15, 0.2) is 18.2 Å². The number of hydrogen-bond donors (Lipinski definition) is 0. The summed E-state index contributed by atoms with van der Waals surface area (Å²) in [4.78, 5) is 4.59. The van der Waals surface area contributed by atoms with Crippen LogP contribution in [0.1, 0.15) is 17.0 Å². The Kier molecular flexibility index (Phi) is 1.72. The minimum Gasteiger partial charge on any atom is -0.493 e. The van der Waals surface area contributed by atoms with Crippen LogP contribution in [0.4, 0.5) is 0 Å². The summed E-state index contributed by atoms with van der Waals surface area (Å²) in [6, 6.07) is 6.21. The topological polar surface area (TPSA) is 22.1 Å². The molecule has 2 aromatic rings. The third kappa shape index (κ3) is 1.14. The average Bonchev–Trinajstić information content (AvgIpc) is 2.25. The van der Waals surface area contributed by atoms with Gasteiger partial charge in [-0.05, 0) is 25.5 Å². The number of ether oxygens (including phenoxy) is 1. The quantitative estimate of drug-likeness (QED) is 0.651. The maximum atomic E-state index is 5.68. The third-order valence-electron chi connectivity index (χ3n) is 3.10. The molecule has 76 valence electrons. The van der Waals surface area contributed by atoms with Crippen molar-refractivity contribution >= 4 is 10.8 Å². The van der Waals surface area contributed by atoms with Crippen LogP contribution in [-0.4, -0.2) is 11.6 Å². The van der Waals surface area contributed by atoms with Gasteiger partial charge in [0.15, 0.2) is 0 Å². The molecule has 0 saturated heterocycles. The highest BCUT2D eigenvalue weighted by molar-refractivity contribution is 5.93. The molecule has 0 fully saturated rings. The van der Waals surface area contributed by atoms with Crippen molar-refractivity contribution in [1.82, 2.24) is 4.98 Å². The van der Waals surface area contributed by atoms with Gasteiger partial charge in [-0.15, -0.1) is 0 Å². The van der Waals surface area contributed by atoms with E-state index < -0.39 is 0 Å². The summed E-state index contributed by atoms with van der Waals surface area (Å²) >= 11 is 0. The van der Waals surface area contributed by atoms with Crippen molar-refractivity contribution in [2.75, 3.05) is 6.61 Å². The van der Waals surface area contributed by atoms with Crippen molar-refractivity contribution in [3.63, 3.8) is 0 Å². The maximum Gasteiger partial charge on any atom is 0.127 e. The summed E-state index contributed by atoms with van der Waals surface area (Å²) in [5.74, 6) is 1.02. The minimum atomic E-state index is 0.775. The van der Waals surface area contributed by atoms with Gasteiger partial charge >= 0.3 is 0 Å². The van der Waals surface area contributed by atoms with Gasteiger partial charge in [0.1, 0.15) is 5.75 Å². The standard InChI is InChI=1S/C13H13NO/c1-8-10-4-3-5-12-13(10)11(6-7-15-12)9(2)14-8/h3-5H,6-7H2,1-2H3. The van der Waals surface area contributed by atoms with Gasteiger partial charge in [0, 0.05) is 28.6 Å². The monoisotopic (exact) mass is 199 g/mol. The molecule has 1 aromatic carbocycles. The molecule has 0 radical (unpaired) electrons. The first-order valence-electron chi connectivity index (χ1n) is 5.29. The second kappa shape index (κ2) is 2.96. The fourth-order valence-corrected chi connectivity index (χ4v) is 2.39. The van der Waals surface area contributed by atoms with Crippen molar-refractivity contribution in [2.45, 2.75) is 20.3 Å². The number of benzene rings is 1. The Morgan fingerprint density at radius 3 is 2.93 bits per heavy atom. The lowest BCUT2D eigenvalue weighted by Crippen LogP contribution is -2.11. The van der Waals surface area contributed by atoms with Gasteiger partial charge in [0.2, 0.25) is 0 Å². The number of aromatic nitrogens is 1.